The minimum atomic E-state index is -3.73. The van der Waals surface area contributed by atoms with Gasteiger partial charge in [-0.05, 0) is 43.5 Å². The number of halogens is 2. The zero-order chi connectivity index (χ0) is 19.5. The molecular formula is C17H18Cl2N2O3S2. The van der Waals surface area contributed by atoms with Crippen LogP contribution in [0.1, 0.15) is 6.92 Å². The van der Waals surface area contributed by atoms with Crippen molar-refractivity contribution < 1.29 is 13.2 Å². The second kappa shape index (κ2) is 8.52. The van der Waals surface area contributed by atoms with E-state index in [4.69, 9.17) is 23.2 Å². The summed E-state index contributed by atoms with van der Waals surface area (Å²) in [4.78, 5) is 13.6. The molecule has 2 aromatic carbocycles. The first kappa shape index (κ1) is 20.9. The number of carbonyl (C=O) groups excluding carboxylic acids is 1. The van der Waals surface area contributed by atoms with E-state index in [1.54, 1.807) is 12.1 Å². The van der Waals surface area contributed by atoms with Gasteiger partial charge in [-0.3, -0.25) is 9.10 Å². The van der Waals surface area contributed by atoms with Crippen LogP contribution in [0.25, 0.3) is 0 Å². The maximum absolute atomic E-state index is 12.7. The summed E-state index contributed by atoms with van der Waals surface area (Å²) in [6, 6.07) is 10.7. The Morgan fingerprint density at radius 2 is 1.81 bits per heavy atom. The zero-order valence-electron chi connectivity index (χ0n) is 14.4. The second-order valence-corrected chi connectivity index (χ2v) is 9.04. The molecule has 0 unspecified atom stereocenters. The van der Waals surface area contributed by atoms with Gasteiger partial charge < -0.3 is 5.32 Å². The minimum absolute atomic E-state index is 0.207. The molecule has 5 nitrogen and oxygen atoms in total. The number of benzene rings is 2. The van der Waals surface area contributed by atoms with Gasteiger partial charge in [0, 0.05) is 4.90 Å². The number of hydrogen-bond acceptors (Lipinski definition) is 4. The summed E-state index contributed by atoms with van der Waals surface area (Å²) < 4.78 is 25.7. The third-order valence-corrected chi connectivity index (χ3v) is 6.39. The highest BCUT2D eigenvalue weighted by Gasteiger charge is 2.29. The van der Waals surface area contributed by atoms with Crippen LogP contribution >= 0.6 is 35.0 Å². The third kappa shape index (κ3) is 4.85. The van der Waals surface area contributed by atoms with Crippen LogP contribution in [-0.4, -0.2) is 32.9 Å². The first-order valence-corrected chi connectivity index (χ1v) is 11.4. The van der Waals surface area contributed by atoms with Gasteiger partial charge in [0.15, 0.2) is 0 Å². The molecule has 1 amide bonds. The highest BCUT2D eigenvalue weighted by atomic mass is 35.5. The maximum atomic E-state index is 12.7. The number of sulfonamides is 1. The number of amides is 1. The van der Waals surface area contributed by atoms with E-state index in [1.807, 2.05) is 18.4 Å². The predicted molar refractivity (Wildman–Crippen MR) is 110 cm³/mol. The fraction of sp³-hybridized carbons (Fsp3) is 0.235. The van der Waals surface area contributed by atoms with Crippen molar-refractivity contribution in [2.24, 2.45) is 0 Å². The van der Waals surface area contributed by atoms with Crippen LogP contribution in [0.15, 0.2) is 47.4 Å². The van der Waals surface area contributed by atoms with Crippen LogP contribution in [-0.2, 0) is 14.8 Å². The number of carbonyl (C=O) groups is 1. The standard InChI is InChI=1S/C17H18Cl2N2O3S2/c1-11(17(22)20-15-6-4-5-7-16(15)25-2)21(26(3,23)24)12-8-9-13(18)14(19)10-12/h4-11H,1-3H3,(H,20,22)/t11-/m1/s1. The fourth-order valence-electron chi connectivity index (χ4n) is 2.42. The normalized spacial score (nSPS) is 12.5. The van der Waals surface area contributed by atoms with Gasteiger partial charge in [-0.2, -0.15) is 0 Å². The smallest absolute Gasteiger partial charge is 0.248 e. The van der Waals surface area contributed by atoms with E-state index in [9.17, 15) is 13.2 Å². The van der Waals surface area contributed by atoms with Crippen molar-refractivity contribution in [3.63, 3.8) is 0 Å². The van der Waals surface area contributed by atoms with Crippen LogP contribution in [0.5, 0.6) is 0 Å². The van der Waals surface area contributed by atoms with Gasteiger partial charge in [-0.15, -0.1) is 11.8 Å². The van der Waals surface area contributed by atoms with E-state index < -0.39 is 22.0 Å². The monoisotopic (exact) mass is 432 g/mol. The number of para-hydroxylation sites is 1. The molecule has 2 aromatic rings. The lowest BCUT2D eigenvalue weighted by molar-refractivity contribution is -0.116. The van der Waals surface area contributed by atoms with Crippen LogP contribution in [0, 0.1) is 0 Å². The van der Waals surface area contributed by atoms with Gasteiger partial charge in [0.1, 0.15) is 6.04 Å². The molecule has 9 heteroatoms. The summed E-state index contributed by atoms with van der Waals surface area (Å²) in [5.74, 6) is -0.456. The zero-order valence-corrected chi connectivity index (χ0v) is 17.5. The summed E-state index contributed by atoms with van der Waals surface area (Å²) in [7, 11) is -3.73. The molecule has 26 heavy (non-hydrogen) atoms. The van der Waals surface area contributed by atoms with E-state index in [2.05, 4.69) is 5.32 Å². The molecule has 1 N–H and O–H groups in total. The lowest BCUT2D eigenvalue weighted by Gasteiger charge is -2.28. The molecule has 0 bridgehead atoms. The van der Waals surface area contributed by atoms with Crippen molar-refractivity contribution >= 4 is 62.3 Å². The van der Waals surface area contributed by atoms with E-state index in [0.29, 0.717) is 10.7 Å². The maximum Gasteiger partial charge on any atom is 0.248 e. The van der Waals surface area contributed by atoms with Gasteiger partial charge in [0.05, 0.1) is 27.7 Å². The van der Waals surface area contributed by atoms with Crippen LogP contribution < -0.4 is 9.62 Å². The molecule has 0 fully saturated rings. The van der Waals surface area contributed by atoms with Crippen LogP contribution in [0.3, 0.4) is 0 Å². The number of thioether (sulfide) groups is 1. The van der Waals surface area contributed by atoms with E-state index in [1.165, 1.54) is 36.9 Å². The highest BCUT2D eigenvalue weighted by molar-refractivity contribution is 7.98. The minimum Gasteiger partial charge on any atom is -0.323 e. The molecule has 0 spiro atoms. The number of rotatable bonds is 6. The van der Waals surface area contributed by atoms with Crippen molar-refractivity contribution in [3.05, 3.63) is 52.5 Å². The Kier molecular flexibility index (Phi) is 6.85. The molecule has 0 saturated heterocycles. The molecule has 2 rings (SSSR count). The van der Waals surface area contributed by atoms with Crippen LogP contribution in [0.2, 0.25) is 10.0 Å². The Balaban J connectivity index is 2.36. The molecule has 0 aliphatic heterocycles. The molecule has 0 aliphatic carbocycles. The SMILES string of the molecule is CSc1ccccc1NC(=O)[C@@H](C)N(c1ccc(Cl)c(Cl)c1)S(C)(=O)=O. The Morgan fingerprint density at radius 3 is 2.38 bits per heavy atom. The van der Waals surface area contributed by atoms with E-state index in [-0.39, 0.29) is 10.7 Å². The second-order valence-electron chi connectivity index (χ2n) is 5.52. The van der Waals surface area contributed by atoms with Gasteiger partial charge in [0.2, 0.25) is 15.9 Å². The van der Waals surface area contributed by atoms with Crippen molar-refractivity contribution in [2.75, 3.05) is 22.1 Å². The summed E-state index contributed by atoms with van der Waals surface area (Å²) in [5, 5.41) is 3.29. The number of nitrogens with one attached hydrogen (secondary N) is 1. The van der Waals surface area contributed by atoms with Gasteiger partial charge in [0.25, 0.3) is 0 Å². The van der Waals surface area contributed by atoms with Crippen LogP contribution in [0.4, 0.5) is 11.4 Å². The van der Waals surface area contributed by atoms with Crippen molar-refractivity contribution in [1.82, 2.24) is 0 Å². The largest absolute Gasteiger partial charge is 0.323 e. The Morgan fingerprint density at radius 1 is 1.15 bits per heavy atom. The van der Waals surface area contributed by atoms with Gasteiger partial charge >= 0.3 is 0 Å². The van der Waals surface area contributed by atoms with Crippen molar-refractivity contribution in [2.45, 2.75) is 17.9 Å². The topological polar surface area (TPSA) is 66.5 Å². The van der Waals surface area contributed by atoms with Gasteiger partial charge in [-0.25, -0.2) is 8.42 Å². The summed E-state index contributed by atoms with van der Waals surface area (Å²) in [6.07, 6.45) is 2.93. The number of anilines is 2. The molecule has 0 aromatic heterocycles. The molecule has 0 saturated carbocycles. The molecule has 1 atom stereocenters. The molecule has 0 heterocycles. The van der Waals surface area contributed by atoms with Crippen molar-refractivity contribution in [3.8, 4) is 0 Å². The summed E-state index contributed by atoms with van der Waals surface area (Å²) in [5.41, 5.74) is 0.891. The van der Waals surface area contributed by atoms with Gasteiger partial charge in [-0.1, -0.05) is 35.3 Å². The summed E-state index contributed by atoms with van der Waals surface area (Å²) in [6.45, 7) is 1.51. The highest BCUT2D eigenvalue weighted by Crippen LogP contribution is 2.30. The lowest BCUT2D eigenvalue weighted by atomic mass is 10.2. The molecule has 0 radical (unpaired) electrons. The van der Waals surface area contributed by atoms with E-state index in [0.717, 1.165) is 15.5 Å². The Hall–Kier alpha value is -1.41. The van der Waals surface area contributed by atoms with Crippen molar-refractivity contribution in [1.29, 1.82) is 0 Å². The Labute approximate surface area is 167 Å². The van der Waals surface area contributed by atoms with E-state index >= 15 is 0 Å². The quantitative estimate of drug-likeness (QED) is 0.681. The average molecular weight is 433 g/mol. The average Bonchev–Trinajstić information content (AvgIpc) is 2.57. The first-order chi connectivity index (χ1) is 12.1. The Bertz CT molecular complexity index is 920. The molecule has 0 aliphatic rings. The number of nitrogens with zero attached hydrogens (tertiary/aromatic N) is 1. The molecule has 140 valence electrons. The lowest BCUT2D eigenvalue weighted by Crippen LogP contribution is -2.45. The predicted octanol–water partition coefficient (Wildman–Crippen LogP) is 4.51. The molecular weight excluding hydrogens is 415 g/mol. The first-order valence-electron chi connectivity index (χ1n) is 7.53. The fourth-order valence-corrected chi connectivity index (χ4v) is 4.43. The third-order valence-electron chi connectivity index (χ3n) is 3.61. The summed E-state index contributed by atoms with van der Waals surface area (Å²) >= 11 is 13.4. The number of hydrogen-bond donors (Lipinski definition) is 1.